The quantitative estimate of drug-likeness (QED) is 0.332. The van der Waals surface area contributed by atoms with Crippen LogP contribution in [0.15, 0.2) is 72.8 Å². The Morgan fingerprint density at radius 2 is 1.54 bits per heavy atom. The number of carboxylic acid groups (broad SMARTS) is 1. The number of methoxy groups -OCH3 is 2. The minimum atomic E-state index is -1.03. The van der Waals surface area contributed by atoms with Gasteiger partial charge in [-0.3, -0.25) is 5.10 Å². The lowest BCUT2D eigenvalue weighted by atomic mass is 10.0. The highest BCUT2D eigenvalue weighted by atomic mass is 16.5. The molecule has 1 aromatic heterocycles. The van der Waals surface area contributed by atoms with Crippen LogP contribution >= 0.6 is 0 Å². The Morgan fingerprint density at radius 1 is 0.914 bits per heavy atom. The first-order valence-corrected chi connectivity index (χ1v) is 10.9. The van der Waals surface area contributed by atoms with Crippen molar-refractivity contribution in [3.63, 3.8) is 0 Å². The topological polar surface area (TPSA) is 103 Å². The number of carboxylic acids is 1. The summed E-state index contributed by atoms with van der Waals surface area (Å²) in [6.45, 7) is 1.43. The molecule has 0 aliphatic rings. The molecule has 0 saturated heterocycles. The molecule has 0 saturated carbocycles. The van der Waals surface area contributed by atoms with Gasteiger partial charge in [0, 0.05) is 0 Å². The average molecular weight is 475 g/mol. The zero-order valence-electron chi connectivity index (χ0n) is 19.6. The van der Waals surface area contributed by atoms with Gasteiger partial charge in [-0.25, -0.2) is 4.79 Å². The maximum Gasteiger partial charge on any atom is 0.341 e. The van der Waals surface area contributed by atoms with Crippen molar-refractivity contribution in [2.45, 2.75) is 13.0 Å². The molecule has 0 bridgehead atoms. The van der Waals surface area contributed by atoms with Gasteiger partial charge in [0.2, 0.25) is 0 Å². The molecule has 8 nitrogen and oxygen atoms in total. The number of aromatic amines is 1. The van der Waals surface area contributed by atoms with Crippen LogP contribution in [0.3, 0.4) is 0 Å². The van der Waals surface area contributed by atoms with Crippen molar-refractivity contribution in [2.75, 3.05) is 20.8 Å². The first-order chi connectivity index (χ1) is 17.0. The van der Waals surface area contributed by atoms with Crippen LogP contribution in [0, 0.1) is 6.92 Å². The van der Waals surface area contributed by atoms with E-state index in [-0.39, 0.29) is 0 Å². The summed E-state index contributed by atoms with van der Waals surface area (Å²) in [5, 5.41) is 16.5. The fourth-order valence-electron chi connectivity index (χ4n) is 3.60. The van der Waals surface area contributed by atoms with Gasteiger partial charge in [0.25, 0.3) is 0 Å². The minimum Gasteiger partial charge on any atom is -0.497 e. The molecule has 0 aliphatic heterocycles. The van der Waals surface area contributed by atoms with Gasteiger partial charge in [-0.05, 0) is 84.3 Å². The number of aliphatic carboxylic acids is 1. The number of H-pyrrole nitrogens is 1. The predicted octanol–water partition coefficient (Wildman–Crippen LogP) is 5.03. The van der Waals surface area contributed by atoms with Crippen LogP contribution in [0.2, 0.25) is 0 Å². The SMILES string of the molecule is COc1ccc(-c2cc(C(Oc3ccc(OCC(=O)O)c(C)c3)c3ccc(OC)cc3)n[nH]2)cc1. The van der Waals surface area contributed by atoms with Crippen LogP contribution in [0.4, 0.5) is 0 Å². The highest BCUT2D eigenvalue weighted by molar-refractivity contribution is 5.68. The van der Waals surface area contributed by atoms with Crippen LogP contribution in [0.1, 0.15) is 22.9 Å². The van der Waals surface area contributed by atoms with Crippen molar-refractivity contribution in [1.29, 1.82) is 0 Å². The Morgan fingerprint density at radius 3 is 2.14 bits per heavy atom. The summed E-state index contributed by atoms with van der Waals surface area (Å²) in [5.41, 5.74) is 4.16. The van der Waals surface area contributed by atoms with E-state index in [1.807, 2.05) is 67.6 Å². The lowest BCUT2D eigenvalue weighted by Gasteiger charge is -2.19. The van der Waals surface area contributed by atoms with Crippen molar-refractivity contribution < 1.29 is 28.8 Å². The third-order valence-corrected chi connectivity index (χ3v) is 5.44. The standard InChI is InChI=1S/C27H26N2O6/c1-17-14-22(12-13-25(17)34-16-26(30)31)35-27(19-6-10-21(33-3)11-7-19)24-15-23(28-29-24)18-4-8-20(32-2)9-5-18/h4-15,27H,16H2,1-3H3,(H,28,29)(H,30,31). The number of nitrogens with zero attached hydrogens (tertiary/aromatic N) is 1. The van der Waals surface area contributed by atoms with Crippen molar-refractivity contribution >= 4 is 5.97 Å². The maximum atomic E-state index is 10.8. The smallest absolute Gasteiger partial charge is 0.341 e. The molecule has 4 aromatic rings. The second kappa shape index (κ2) is 10.6. The monoisotopic (exact) mass is 474 g/mol. The van der Waals surface area contributed by atoms with Crippen molar-refractivity contribution in [2.24, 2.45) is 0 Å². The Balaban J connectivity index is 1.64. The number of hydrogen-bond donors (Lipinski definition) is 2. The number of aromatic nitrogens is 2. The highest BCUT2D eigenvalue weighted by Crippen LogP contribution is 2.33. The molecule has 8 heteroatoms. The first-order valence-electron chi connectivity index (χ1n) is 10.9. The van der Waals surface area contributed by atoms with Gasteiger partial charge in [-0.1, -0.05) is 12.1 Å². The average Bonchev–Trinajstić information content (AvgIpc) is 3.37. The Labute approximate surface area is 203 Å². The van der Waals surface area contributed by atoms with Gasteiger partial charge in [0.05, 0.1) is 19.9 Å². The molecule has 35 heavy (non-hydrogen) atoms. The van der Waals surface area contributed by atoms with Crippen LogP contribution in [-0.4, -0.2) is 42.1 Å². The van der Waals surface area contributed by atoms with Crippen molar-refractivity contribution in [3.05, 3.63) is 89.6 Å². The van der Waals surface area contributed by atoms with Gasteiger partial charge >= 0.3 is 5.97 Å². The van der Waals surface area contributed by atoms with E-state index in [0.29, 0.717) is 17.2 Å². The molecular weight excluding hydrogens is 448 g/mol. The summed E-state index contributed by atoms with van der Waals surface area (Å²) in [6, 6.07) is 22.5. The highest BCUT2D eigenvalue weighted by Gasteiger charge is 2.21. The molecule has 0 aliphatic carbocycles. The van der Waals surface area contributed by atoms with Gasteiger partial charge < -0.3 is 24.1 Å². The van der Waals surface area contributed by atoms with Gasteiger partial charge in [-0.2, -0.15) is 5.10 Å². The number of benzene rings is 3. The van der Waals surface area contributed by atoms with Crippen molar-refractivity contribution in [1.82, 2.24) is 10.2 Å². The molecule has 1 atom stereocenters. The van der Waals surface area contributed by atoms with Crippen LogP contribution in [0.25, 0.3) is 11.3 Å². The Kier molecular flexibility index (Phi) is 7.21. The van der Waals surface area contributed by atoms with Gasteiger partial charge in [0.1, 0.15) is 28.7 Å². The predicted molar refractivity (Wildman–Crippen MR) is 130 cm³/mol. The number of aryl methyl sites for hydroxylation is 1. The zero-order chi connectivity index (χ0) is 24.8. The summed E-state index contributed by atoms with van der Waals surface area (Å²) < 4.78 is 22.3. The zero-order valence-corrected chi connectivity index (χ0v) is 19.6. The van der Waals surface area contributed by atoms with E-state index in [9.17, 15) is 4.79 Å². The van der Waals surface area contributed by atoms with E-state index in [2.05, 4.69) is 10.2 Å². The van der Waals surface area contributed by atoms with Gasteiger partial charge in [0.15, 0.2) is 12.7 Å². The summed E-state index contributed by atoms with van der Waals surface area (Å²) in [4.78, 5) is 10.8. The fourth-order valence-corrected chi connectivity index (χ4v) is 3.60. The molecule has 1 unspecified atom stereocenters. The normalized spacial score (nSPS) is 11.5. The van der Waals surface area contributed by atoms with Crippen molar-refractivity contribution in [3.8, 4) is 34.3 Å². The number of rotatable bonds is 10. The molecule has 3 aromatic carbocycles. The van der Waals surface area contributed by atoms with E-state index in [0.717, 1.165) is 33.9 Å². The number of nitrogens with one attached hydrogen (secondary N) is 1. The van der Waals surface area contributed by atoms with E-state index < -0.39 is 18.7 Å². The largest absolute Gasteiger partial charge is 0.497 e. The lowest BCUT2D eigenvalue weighted by molar-refractivity contribution is -0.139. The molecule has 0 spiro atoms. The summed E-state index contributed by atoms with van der Waals surface area (Å²) >= 11 is 0. The molecule has 0 fully saturated rings. The summed E-state index contributed by atoms with van der Waals surface area (Å²) in [7, 11) is 3.25. The summed E-state index contributed by atoms with van der Waals surface area (Å²) in [6.07, 6.45) is -0.505. The van der Waals surface area contributed by atoms with E-state index >= 15 is 0 Å². The molecule has 4 rings (SSSR count). The number of carbonyl (C=O) groups is 1. The molecular formula is C27H26N2O6. The minimum absolute atomic E-state index is 0.406. The molecule has 0 radical (unpaired) electrons. The maximum absolute atomic E-state index is 10.8. The third kappa shape index (κ3) is 5.73. The first kappa shape index (κ1) is 23.7. The number of ether oxygens (including phenoxy) is 4. The van der Waals surface area contributed by atoms with E-state index in [1.54, 1.807) is 26.4 Å². The van der Waals surface area contributed by atoms with Crippen LogP contribution < -0.4 is 18.9 Å². The number of hydrogen-bond acceptors (Lipinski definition) is 6. The van der Waals surface area contributed by atoms with Gasteiger partial charge in [-0.15, -0.1) is 0 Å². The van der Waals surface area contributed by atoms with E-state index in [1.165, 1.54) is 0 Å². The molecule has 0 amide bonds. The Bertz CT molecular complexity index is 1280. The van der Waals surface area contributed by atoms with Crippen LogP contribution in [0.5, 0.6) is 23.0 Å². The third-order valence-electron chi connectivity index (χ3n) is 5.44. The Hall–Kier alpha value is -4.46. The van der Waals surface area contributed by atoms with E-state index in [4.69, 9.17) is 24.1 Å². The molecule has 2 N–H and O–H groups in total. The fraction of sp³-hybridized carbons (Fsp3) is 0.185. The molecule has 180 valence electrons. The second-order valence-corrected chi connectivity index (χ2v) is 7.82. The molecule has 1 heterocycles. The van der Waals surface area contributed by atoms with Crippen LogP contribution in [-0.2, 0) is 4.79 Å². The second-order valence-electron chi connectivity index (χ2n) is 7.82. The summed E-state index contributed by atoms with van der Waals surface area (Å²) in [5.74, 6) is 1.57. The lowest BCUT2D eigenvalue weighted by Crippen LogP contribution is -2.11.